The van der Waals surface area contributed by atoms with E-state index in [-0.39, 0.29) is 23.9 Å². The molecule has 3 heterocycles. The van der Waals surface area contributed by atoms with Crippen molar-refractivity contribution in [3.05, 3.63) is 64.4 Å². The largest absolute Gasteiger partial charge is 0.386 e. The number of carbonyl (C=O) groups is 2. The smallest absolute Gasteiger partial charge is 0.256 e. The summed E-state index contributed by atoms with van der Waals surface area (Å²) in [5.74, 6) is -0.212. The number of anilines is 2. The van der Waals surface area contributed by atoms with Crippen LogP contribution in [0.4, 0.5) is 11.4 Å². The topological polar surface area (TPSA) is 108 Å². The number of nitrogens with one attached hydrogen (secondary N) is 3. The van der Waals surface area contributed by atoms with Gasteiger partial charge in [0.1, 0.15) is 0 Å². The number of amides is 2. The quantitative estimate of drug-likeness (QED) is 0.332. The van der Waals surface area contributed by atoms with Crippen molar-refractivity contribution in [2.45, 2.75) is 18.5 Å². The zero-order chi connectivity index (χ0) is 28.8. The summed E-state index contributed by atoms with van der Waals surface area (Å²) in [7, 11) is 3.54. The SMILES string of the molecule is CNc1cc(Br)cc(C(=O)N2CCN(CCOC)CC2)c1N[C@@H]1COCC[C@@H]1NC(=O)c1cncc2ccccc12. The van der Waals surface area contributed by atoms with Gasteiger partial charge in [-0.15, -0.1) is 0 Å². The first-order valence-electron chi connectivity index (χ1n) is 14.0. The number of carbonyl (C=O) groups excluding carboxylic acids is 2. The lowest BCUT2D eigenvalue weighted by atomic mass is 10.00. The van der Waals surface area contributed by atoms with Gasteiger partial charge < -0.3 is 30.3 Å². The first-order chi connectivity index (χ1) is 20.0. The van der Waals surface area contributed by atoms with Gasteiger partial charge in [0.05, 0.1) is 47.8 Å². The van der Waals surface area contributed by atoms with Crippen LogP contribution in [-0.2, 0) is 9.47 Å². The van der Waals surface area contributed by atoms with Gasteiger partial charge in [0.2, 0.25) is 0 Å². The summed E-state index contributed by atoms with van der Waals surface area (Å²) in [6.07, 6.45) is 4.01. The summed E-state index contributed by atoms with van der Waals surface area (Å²) < 4.78 is 11.9. The van der Waals surface area contributed by atoms with E-state index in [0.29, 0.717) is 56.1 Å². The molecule has 0 saturated carbocycles. The Morgan fingerprint density at radius 1 is 1.10 bits per heavy atom. The molecule has 10 nitrogen and oxygen atoms in total. The van der Waals surface area contributed by atoms with Crippen molar-refractivity contribution in [1.82, 2.24) is 20.1 Å². The van der Waals surface area contributed by atoms with E-state index in [0.717, 1.165) is 40.6 Å². The Balaban J connectivity index is 1.36. The van der Waals surface area contributed by atoms with Crippen LogP contribution in [0.1, 0.15) is 27.1 Å². The van der Waals surface area contributed by atoms with Crippen LogP contribution in [0, 0.1) is 0 Å². The van der Waals surface area contributed by atoms with Gasteiger partial charge in [-0.2, -0.15) is 0 Å². The fraction of sp³-hybridized carbons (Fsp3) is 0.433. The van der Waals surface area contributed by atoms with E-state index in [9.17, 15) is 9.59 Å². The van der Waals surface area contributed by atoms with Crippen molar-refractivity contribution in [3.8, 4) is 0 Å². The summed E-state index contributed by atoms with van der Waals surface area (Å²) in [6, 6.07) is 11.1. The number of hydrogen-bond acceptors (Lipinski definition) is 8. The molecule has 2 aromatic carbocycles. The normalized spacial score (nSPS) is 19.6. The predicted molar refractivity (Wildman–Crippen MR) is 164 cm³/mol. The van der Waals surface area contributed by atoms with Crippen LogP contribution in [0.5, 0.6) is 0 Å². The van der Waals surface area contributed by atoms with Crippen LogP contribution in [0.3, 0.4) is 0 Å². The number of pyridine rings is 1. The Morgan fingerprint density at radius 2 is 1.90 bits per heavy atom. The maximum atomic E-state index is 13.9. The molecule has 2 atom stereocenters. The highest BCUT2D eigenvalue weighted by molar-refractivity contribution is 9.10. The standard InChI is InChI=1S/C30H37BrN6O4/c1-32-26-16-21(31)15-23(30(39)37-10-8-36(9-11-37)12-14-40-2)28(26)34-27-19-41-13-7-25(27)35-29(38)24-18-33-17-20-5-3-4-6-22(20)24/h3-6,15-18,25,27,32,34H,7-14,19H2,1-2H3,(H,35,38)/t25-,27+/m0/s1. The molecule has 2 amide bonds. The van der Waals surface area contributed by atoms with Crippen molar-refractivity contribution in [2.75, 3.05) is 77.3 Å². The molecule has 0 radical (unpaired) electrons. The molecular weight excluding hydrogens is 588 g/mol. The molecule has 0 aliphatic carbocycles. The molecule has 0 bridgehead atoms. The molecule has 0 unspecified atom stereocenters. The highest BCUT2D eigenvalue weighted by Crippen LogP contribution is 2.33. The fourth-order valence-electron chi connectivity index (χ4n) is 5.48. The number of aromatic nitrogens is 1. The summed E-state index contributed by atoms with van der Waals surface area (Å²) in [5, 5.41) is 11.8. The number of fused-ring (bicyclic) bond motifs is 1. The number of ether oxygens (including phenoxy) is 2. The highest BCUT2D eigenvalue weighted by Gasteiger charge is 2.31. The first-order valence-corrected chi connectivity index (χ1v) is 14.8. The van der Waals surface area contributed by atoms with E-state index < -0.39 is 0 Å². The van der Waals surface area contributed by atoms with E-state index in [1.165, 1.54) is 0 Å². The summed E-state index contributed by atoms with van der Waals surface area (Å²) in [5.41, 5.74) is 2.59. The molecule has 3 N–H and O–H groups in total. The second-order valence-electron chi connectivity index (χ2n) is 10.4. The van der Waals surface area contributed by atoms with Crippen molar-refractivity contribution >= 4 is 49.9 Å². The second kappa shape index (κ2) is 13.6. The second-order valence-corrected chi connectivity index (χ2v) is 11.3. The number of benzene rings is 2. The van der Waals surface area contributed by atoms with Gasteiger partial charge in [-0.1, -0.05) is 40.2 Å². The van der Waals surface area contributed by atoms with Gasteiger partial charge in [0.15, 0.2) is 0 Å². The van der Waals surface area contributed by atoms with Gasteiger partial charge in [0, 0.05) is 75.7 Å². The molecular formula is C30H37BrN6O4. The Morgan fingerprint density at radius 3 is 2.68 bits per heavy atom. The lowest BCUT2D eigenvalue weighted by Crippen LogP contribution is -2.52. The average molecular weight is 626 g/mol. The van der Waals surface area contributed by atoms with Gasteiger partial charge in [0.25, 0.3) is 11.8 Å². The van der Waals surface area contributed by atoms with Crippen molar-refractivity contribution in [1.29, 1.82) is 0 Å². The van der Waals surface area contributed by atoms with Crippen LogP contribution in [-0.4, -0.2) is 105 Å². The molecule has 218 valence electrons. The molecule has 2 fully saturated rings. The van der Waals surface area contributed by atoms with Crippen LogP contribution in [0.15, 0.2) is 53.3 Å². The molecule has 3 aromatic rings. The van der Waals surface area contributed by atoms with E-state index >= 15 is 0 Å². The Kier molecular flexibility index (Phi) is 9.71. The maximum Gasteiger partial charge on any atom is 0.256 e. The Hall–Kier alpha value is -3.25. The monoisotopic (exact) mass is 624 g/mol. The predicted octanol–water partition coefficient (Wildman–Crippen LogP) is 3.44. The van der Waals surface area contributed by atoms with Crippen LogP contribution >= 0.6 is 15.9 Å². The van der Waals surface area contributed by atoms with Crippen LogP contribution in [0.2, 0.25) is 0 Å². The number of halogens is 1. The highest BCUT2D eigenvalue weighted by atomic mass is 79.9. The van der Waals surface area contributed by atoms with E-state index in [4.69, 9.17) is 9.47 Å². The fourth-order valence-corrected chi connectivity index (χ4v) is 5.93. The van der Waals surface area contributed by atoms with Gasteiger partial charge in [-0.3, -0.25) is 19.5 Å². The molecule has 2 aliphatic rings. The molecule has 0 spiro atoms. The molecule has 2 aliphatic heterocycles. The minimum Gasteiger partial charge on any atom is -0.386 e. The van der Waals surface area contributed by atoms with Gasteiger partial charge in [-0.05, 0) is 23.9 Å². The third-order valence-electron chi connectivity index (χ3n) is 7.79. The Labute approximate surface area is 248 Å². The minimum absolute atomic E-state index is 0.0316. The molecule has 1 aromatic heterocycles. The Bertz CT molecular complexity index is 1380. The zero-order valence-electron chi connectivity index (χ0n) is 23.5. The van der Waals surface area contributed by atoms with E-state index in [1.54, 1.807) is 19.5 Å². The number of piperazine rings is 1. The van der Waals surface area contributed by atoms with Crippen molar-refractivity contribution < 1.29 is 19.1 Å². The van der Waals surface area contributed by atoms with Gasteiger partial charge in [-0.25, -0.2) is 0 Å². The van der Waals surface area contributed by atoms with E-state index in [2.05, 4.69) is 41.8 Å². The average Bonchev–Trinajstić information content (AvgIpc) is 3.01. The van der Waals surface area contributed by atoms with E-state index in [1.807, 2.05) is 48.3 Å². The molecule has 41 heavy (non-hydrogen) atoms. The zero-order valence-corrected chi connectivity index (χ0v) is 25.1. The van der Waals surface area contributed by atoms with Crippen LogP contribution in [0.25, 0.3) is 10.8 Å². The maximum absolute atomic E-state index is 13.9. The number of methoxy groups -OCH3 is 1. The van der Waals surface area contributed by atoms with Crippen LogP contribution < -0.4 is 16.0 Å². The number of hydrogen-bond donors (Lipinski definition) is 3. The lowest BCUT2D eigenvalue weighted by molar-refractivity contribution is 0.0586. The van der Waals surface area contributed by atoms with Gasteiger partial charge >= 0.3 is 0 Å². The lowest BCUT2D eigenvalue weighted by Gasteiger charge is -2.36. The first kappa shape index (κ1) is 29.2. The molecule has 2 saturated heterocycles. The summed E-state index contributed by atoms with van der Waals surface area (Å²) in [6.45, 7) is 5.37. The third-order valence-corrected chi connectivity index (χ3v) is 8.25. The van der Waals surface area contributed by atoms with Crippen molar-refractivity contribution in [2.24, 2.45) is 0 Å². The van der Waals surface area contributed by atoms with Crippen molar-refractivity contribution in [3.63, 3.8) is 0 Å². The summed E-state index contributed by atoms with van der Waals surface area (Å²) in [4.78, 5) is 35.8. The number of nitrogens with zero attached hydrogens (tertiary/aromatic N) is 3. The minimum atomic E-state index is -0.249. The summed E-state index contributed by atoms with van der Waals surface area (Å²) >= 11 is 3.59. The number of rotatable bonds is 9. The third kappa shape index (κ3) is 6.81. The molecule has 5 rings (SSSR count). The molecule has 11 heteroatoms.